The molecule has 1 aliphatic rings. The van der Waals surface area contributed by atoms with Crippen molar-refractivity contribution in [3.8, 4) is 17.2 Å². The Kier molecular flexibility index (Phi) is 7.86. The number of piperidine rings is 1. The van der Waals surface area contributed by atoms with Gasteiger partial charge in [-0.05, 0) is 91.6 Å². The quantitative estimate of drug-likeness (QED) is 0.310. The van der Waals surface area contributed by atoms with Crippen LogP contribution in [0.5, 0.6) is 0 Å². The van der Waals surface area contributed by atoms with Gasteiger partial charge in [0.15, 0.2) is 0 Å². The minimum atomic E-state index is -4.58. The summed E-state index contributed by atoms with van der Waals surface area (Å²) in [6.07, 6.45) is -7.94. The van der Waals surface area contributed by atoms with E-state index in [2.05, 4.69) is 4.90 Å². The monoisotopic (exact) mass is 532 g/mol. The van der Waals surface area contributed by atoms with E-state index in [1.807, 2.05) is 13.1 Å². The molecule has 0 N–H and O–H groups in total. The van der Waals surface area contributed by atoms with Gasteiger partial charge in [-0.1, -0.05) is 30.3 Å². The molecule has 0 saturated carbocycles. The van der Waals surface area contributed by atoms with Crippen molar-refractivity contribution >= 4 is 0 Å². The van der Waals surface area contributed by atoms with Crippen LogP contribution in [0.4, 0.5) is 26.3 Å². The lowest BCUT2D eigenvalue weighted by atomic mass is 9.73. The first-order valence-corrected chi connectivity index (χ1v) is 12.1. The lowest BCUT2D eigenvalue weighted by Gasteiger charge is -2.41. The molecule has 38 heavy (non-hydrogen) atoms. The molecule has 4 rings (SSSR count). The average molecular weight is 533 g/mol. The number of benzene rings is 3. The third-order valence-corrected chi connectivity index (χ3v) is 7.06. The summed E-state index contributed by atoms with van der Waals surface area (Å²) in [5, 5.41) is 9.00. The lowest BCUT2D eigenvalue weighted by molar-refractivity contribution is -0.138. The molecule has 1 aliphatic heterocycles. The zero-order valence-corrected chi connectivity index (χ0v) is 20.7. The van der Waals surface area contributed by atoms with E-state index >= 15 is 0 Å². The van der Waals surface area contributed by atoms with Crippen LogP contribution in [0.2, 0.25) is 0 Å². The number of likely N-dealkylation sites (tertiary alicyclic amines) is 1. The summed E-state index contributed by atoms with van der Waals surface area (Å²) in [7, 11) is 1.93. The van der Waals surface area contributed by atoms with Crippen molar-refractivity contribution in [2.24, 2.45) is 0 Å². The first-order valence-electron chi connectivity index (χ1n) is 12.1. The van der Waals surface area contributed by atoms with Crippen molar-refractivity contribution in [3.63, 3.8) is 0 Å². The molecule has 9 heteroatoms. The molecule has 0 unspecified atom stereocenters. The maximum Gasteiger partial charge on any atom is 0.416 e. The summed E-state index contributed by atoms with van der Waals surface area (Å²) >= 11 is 0. The number of ether oxygens (including phenoxy) is 1. The Morgan fingerprint density at radius 1 is 0.842 bits per heavy atom. The van der Waals surface area contributed by atoms with E-state index in [4.69, 9.17) is 10.00 Å². The smallest absolute Gasteiger partial charge is 0.376 e. The van der Waals surface area contributed by atoms with Gasteiger partial charge in [0.05, 0.1) is 36.0 Å². The molecule has 1 heterocycles. The Morgan fingerprint density at radius 3 is 2.11 bits per heavy atom. The minimum absolute atomic E-state index is 0.0740. The first kappa shape index (κ1) is 27.7. The summed E-state index contributed by atoms with van der Waals surface area (Å²) in [6, 6.07) is 17.1. The zero-order valence-electron chi connectivity index (χ0n) is 20.7. The highest BCUT2D eigenvalue weighted by Crippen LogP contribution is 2.39. The first-order chi connectivity index (χ1) is 17.9. The Morgan fingerprint density at radius 2 is 1.50 bits per heavy atom. The molecule has 0 amide bonds. The van der Waals surface area contributed by atoms with Crippen molar-refractivity contribution in [2.45, 2.75) is 37.2 Å². The molecule has 0 aliphatic carbocycles. The van der Waals surface area contributed by atoms with Crippen molar-refractivity contribution < 1.29 is 31.1 Å². The number of alkyl halides is 6. The van der Waals surface area contributed by atoms with Gasteiger partial charge in [0.25, 0.3) is 0 Å². The van der Waals surface area contributed by atoms with Gasteiger partial charge in [-0.3, -0.25) is 0 Å². The second-order valence-corrected chi connectivity index (χ2v) is 9.76. The van der Waals surface area contributed by atoms with Crippen LogP contribution in [0.25, 0.3) is 11.1 Å². The topological polar surface area (TPSA) is 36.3 Å². The van der Waals surface area contributed by atoms with Crippen LogP contribution in [0.1, 0.15) is 40.7 Å². The van der Waals surface area contributed by atoms with E-state index in [0.717, 1.165) is 24.3 Å². The van der Waals surface area contributed by atoms with Crippen LogP contribution >= 0.6 is 0 Å². The fourth-order valence-corrected chi connectivity index (χ4v) is 4.80. The maximum absolute atomic E-state index is 13.7. The average Bonchev–Trinajstić information content (AvgIpc) is 2.89. The van der Waals surface area contributed by atoms with E-state index in [0.29, 0.717) is 53.7 Å². The molecule has 3 aromatic rings. The minimum Gasteiger partial charge on any atom is -0.376 e. The molecule has 1 saturated heterocycles. The van der Waals surface area contributed by atoms with Gasteiger partial charge in [-0.15, -0.1) is 0 Å². The fraction of sp³-hybridized carbons (Fsp3) is 0.345. The van der Waals surface area contributed by atoms with Gasteiger partial charge >= 0.3 is 12.4 Å². The molecular formula is C29H26F6N2O. The molecule has 3 aromatic carbocycles. The van der Waals surface area contributed by atoms with Crippen LogP contribution in [-0.4, -0.2) is 31.6 Å². The Bertz CT molecular complexity index is 1300. The van der Waals surface area contributed by atoms with Gasteiger partial charge < -0.3 is 9.64 Å². The van der Waals surface area contributed by atoms with Gasteiger partial charge in [0.1, 0.15) is 0 Å². The molecule has 3 nitrogen and oxygen atoms in total. The van der Waals surface area contributed by atoms with Gasteiger partial charge in [-0.25, -0.2) is 0 Å². The SMILES string of the molecule is CN1CCC(COCc2cc(-c3ccc(C#N)cc3)cc(C(F)(F)F)c2)(c2cccc(C(F)(F)F)c2)CC1. The van der Waals surface area contributed by atoms with Crippen molar-refractivity contribution in [2.75, 3.05) is 26.7 Å². The van der Waals surface area contributed by atoms with E-state index in [1.54, 1.807) is 24.3 Å². The molecule has 0 aromatic heterocycles. The largest absolute Gasteiger partial charge is 0.416 e. The molecule has 0 radical (unpaired) electrons. The van der Waals surface area contributed by atoms with E-state index in [1.165, 1.54) is 18.2 Å². The molecular weight excluding hydrogens is 506 g/mol. The number of nitrogens with zero attached hydrogens (tertiary/aromatic N) is 2. The van der Waals surface area contributed by atoms with Gasteiger partial charge in [0.2, 0.25) is 0 Å². The number of halogens is 6. The van der Waals surface area contributed by atoms with Crippen LogP contribution in [0, 0.1) is 11.3 Å². The predicted molar refractivity (Wildman–Crippen MR) is 131 cm³/mol. The fourth-order valence-electron chi connectivity index (χ4n) is 4.80. The Balaban J connectivity index is 1.60. The second kappa shape index (κ2) is 10.8. The summed E-state index contributed by atoms with van der Waals surface area (Å²) in [5.74, 6) is 0. The molecule has 200 valence electrons. The van der Waals surface area contributed by atoms with Crippen molar-refractivity contribution in [1.29, 1.82) is 5.26 Å². The predicted octanol–water partition coefficient (Wildman–Crippen LogP) is 7.44. The standard InChI is InChI=1S/C29H26F6N2O/c1-37-11-9-27(10-12-37,24-3-2-4-25(16-24)28(30,31)32)19-38-18-21-13-23(15-26(14-21)29(33,34)35)22-7-5-20(17-36)6-8-22/h2-8,13-16H,9-12,18-19H2,1H3. The van der Waals surface area contributed by atoms with E-state index < -0.39 is 28.9 Å². The van der Waals surface area contributed by atoms with Crippen LogP contribution in [0.15, 0.2) is 66.7 Å². The van der Waals surface area contributed by atoms with Crippen LogP contribution in [0.3, 0.4) is 0 Å². The van der Waals surface area contributed by atoms with Crippen LogP contribution in [-0.2, 0) is 29.1 Å². The van der Waals surface area contributed by atoms with Crippen LogP contribution < -0.4 is 0 Å². The number of hydrogen-bond donors (Lipinski definition) is 0. The number of hydrogen-bond acceptors (Lipinski definition) is 3. The summed E-state index contributed by atoms with van der Waals surface area (Å²) in [4.78, 5) is 2.09. The highest BCUT2D eigenvalue weighted by Gasteiger charge is 2.38. The summed E-state index contributed by atoms with van der Waals surface area (Å²) in [5.41, 5.74) is -0.202. The third kappa shape index (κ3) is 6.37. The normalized spacial score (nSPS) is 16.3. The van der Waals surface area contributed by atoms with E-state index in [-0.39, 0.29) is 13.2 Å². The third-order valence-electron chi connectivity index (χ3n) is 7.06. The van der Waals surface area contributed by atoms with Crippen molar-refractivity contribution in [1.82, 2.24) is 4.90 Å². The zero-order chi connectivity index (χ0) is 27.6. The number of nitriles is 1. The maximum atomic E-state index is 13.7. The summed E-state index contributed by atoms with van der Waals surface area (Å²) < 4.78 is 87.2. The molecule has 0 atom stereocenters. The van der Waals surface area contributed by atoms with Gasteiger partial charge in [-0.2, -0.15) is 31.6 Å². The number of rotatable bonds is 6. The molecule has 0 spiro atoms. The summed E-state index contributed by atoms with van der Waals surface area (Å²) in [6.45, 7) is 1.26. The highest BCUT2D eigenvalue weighted by molar-refractivity contribution is 5.66. The molecule has 1 fully saturated rings. The Hall–Kier alpha value is -3.35. The highest BCUT2D eigenvalue weighted by atomic mass is 19.4. The molecule has 0 bridgehead atoms. The van der Waals surface area contributed by atoms with Crippen molar-refractivity contribution in [3.05, 3.63) is 94.5 Å². The lowest BCUT2D eigenvalue weighted by Crippen LogP contribution is -2.44. The Labute approximate surface area is 217 Å². The second-order valence-electron chi connectivity index (χ2n) is 9.76. The van der Waals surface area contributed by atoms with E-state index in [9.17, 15) is 26.3 Å². The van der Waals surface area contributed by atoms with Gasteiger partial charge in [0, 0.05) is 5.41 Å².